The van der Waals surface area contributed by atoms with E-state index in [1.165, 1.54) is 42.1 Å². The molecule has 3 N–H and O–H groups in total. The molecule has 0 amide bonds. The third-order valence-corrected chi connectivity index (χ3v) is 6.00. The van der Waals surface area contributed by atoms with Gasteiger partial charge in [0.05, 0.1) is 16.6 Å². The zero-order chi connectivity index (χ0) is 14.3. The summed E-state index contributed by atoms with van der Waals surface area (Å²) in [5, 5.41) is 4.35. The first kappa shape index (κ1) is 14.4. The average Bonchev–Trinajstić information content (AvgIpc) is 3.09. The zero-order valence-corrected chi connectivity index (χ0v) is 13.5. The molecule has 4 atom stereocenters. The van der Waals surface area contributed by atoms with Gasteiger partial charge in [-0.1, -0.05) is 31.7 Å². The van der Waals surface area contributed by atoms with Crippen LogP contribution in [-0.2, 0) is 5.41 Å². The highest BCUT2D eigenvalue weighted by atomic mass is 32.1. The number of hydrazine groups is 1. The molecule has 1 aromatic rings. The van der Waals surface area contributed by atoms with E-state index in [1.807, 2.05) is 0 Å². The normalized spacial score (nSPS) is 30.9. The predicted octanol–water partition coefficient (Wildman–Crippen LogP) is 3.17. The van der Waals surface area contributed by atoms with Crippen LogP contribution in [0.3, 0.4) is 0 Å². The molecule has 0 radical (unpaired) electrons. The number of rotatable bonds is 4. The topological polar surface area (TPSA) is 63.8 Å². The van der Waals surface area contributed by atoms with Gasteiger partial charge in [0.2, 0.25) is 0 Å². The molecular formula is C15H26N4S. The van der Waals surface area contributed by atoms with Gasteiger partial charge in [-0.15, -0.1) is 5.10 Å². The summed E-state index contributed by atoms with van der Waals surface area (Å²) in [5.74, 6) is 8.62. The lowest BCUT2D eigenvalue weighted by molar-refractivity contribution is 0.280. The van der Waals surface area contributed by atoms with Crippen molar-refractivity contribution < 1.29 is 0 Å². The summed E-state index contributed by atoms with van der Waals surface area (Å²) in [5.41, 5.74) is 4.17. The minimum absolute atomic E-state index is 0.0338. The van der Waals surface area contributed by atoms with Crippen molar-refractivity contribution in [2.75, 3.05) is 0 Å². The Morgan fingerprint density at radius 1 is 1.35 bits per heavy atom. The van der Waals surface area contributed by atoms with Gasteiger partial charge in [-0.2, -0.15) is 0 Å². The number of nitrogens with zero attached hydrogens (tertiary/aromatic N) is 2. The van der Waals surface area contributed by atoms with Crippen molar-refractivity contribution in [3.63, 3.8) is 0 Å². The fourth-order valence-electron chi connectivity index (χ4n) is 4.16. The molecule has 20 heavy (non-hydrogen) atoms. The van der Waals surface area contributed by atoms with E-state index >= 15 is 0 Å². The smallest absolute Gasteiger partial charge is 0.0857 e. The lowest BCUT2D eigenvalue weighted by Gasteiger charge is -2.27. The minimum Gasteiger partial charge on any atom is -0.271 e. The van der Waals surface area contributed by atoms with Gasteiger partial charge in [0.1, 0.15) is 0 Å². The van der Waals surface area contributed by atoms with Crippen molar-refractivity contribution in [2.24, 2.45) is 23.6 Å². The second-order valence-corrected chi connectivity index (χ2v) is 8.41. The molecule has 5 heteroatoms. The van der Waals surface area contributed by atoms with Crippen LogP contribution in [-0.4, -0.2) is 9.59 Å². The Bertz CT molecular complexity index is 465. The van der Waals surface area contributed by atoms with E-state index < -0.39 is 0 Å². The van der Waals surface area contributed by atoms with E-state index in [0.29, 0.717) is 0 Å². The van der Waals surface area contributed by atoms with Gasteiger partial charge in [0, 0.05) is 5.41 Å². The third kappa shape index (κ3) is 2.63. The number of hydrogen-bond acceptors (Lipinski definition) is 5. The number of aromatic nitrogens is 2. The molecule has 2 fully saturated rings. The van der Waals surface area contributed by atoms with Crippen molar-refractivity contribution in [3.8, 4) is 0 Å². The van der Waals surface area contributed by atoms with Gasteiger partial charge in [-0.05, 0) is 55.0 Å². The minimum atomic E-state index is 0.0338. The van der Waals surface area contributed by atoms with Gasteiger partial charge in [0.25, 0.3) is 0 Å². The van der Waals surface area contributed by atoms with Gasteiger partial charge >= 0.3 is 0 Å². The molecule has 112 valence electrons. The summed E-state index contributed by atoms with van der Waals surface area (Å²) in [6.07, 6.45) is 6.89. The van der Waals surface area contributed by atoms with E-state index in [-0.39, 0.29) is 11.5 Å². The molecule has 0 aromatic carbocycles. The quantitative estimate of drug-likeness (QED) is 0.661. The number of hydrogen-bond donors (Lipinski definition) is 2. The van der Waals surface area contributed by atoms with Gasteiger partial charge in [-0.25, -0.2) is 0 Å². The zero-order valence-electron chi connectivity index (χ0n) is 12.7. The first-order chi connectivity index (χ1) is 9.49. The van der Waals surface area contributed by atoms with Crippen LogP contribution >= 0.6 is 11.5 Å². The molecule has 1 heterocycles. The molecule has 3 rings (SSSR count). The highest BCUT2D eigenvalue weighted by Gasteiger charge is 2.41. The summed E-state index contributed by atoms with van der Waals surface area (Å²) < 4.78 is 4.18. The molecule has 2 bridgehead atoms. The van der Waals surface area contributed by atoms with Crippen molar-refractivity contribution in [2.45, 2.75) is 64.3 Å². The molecule has 4 unspecified atom stereocenters. The van der Waals surface area contributed by atoms with Crippen LogP contribution in [0.2, 0.25) is 0 Å². The standard InChI is InChI=1S/C15H26N4S/c1-15(2,3)14-13(20-19-18-14)12(17-16)8-11-7-9-4-5-10(11)6-9/h9-12,17H,4-8,16H2,1-3H3. The maximum absolute atomic E-state index is 5.85. The lowest BCUT2D eigenvalue weighted by Crippen LogP contribution is -2.32. The maximum atomic E-state index is 5.85. The van der Waals surface area contributed by atoms with Crippen LogP contribution in [0.25, 0.3) is 0 Å². The summed E-state index contributed by atoms with van der Waals surface area (Å²) in [4.78, 5) is 1.24. The van der Waals surface area contributed by atoms with Crippen molar-refractivity contribution >= 4 is 11.5 Å². The highest BCUT2D eigenvalue weighted by molar-refractivity contribution is 7.05. The number of nitrogens with two attached hydrogens (primary N) is 1. The Balaban J connectivity index is 1.75. The van der Waals surface area contributed by atoms with Crippen molar-refractivity contribution in [3.05, 3.63) is 10.6 Å². The Morgan fingerprint density at radius 3 is 2.70 bits per heavy atom. The molecular weight excluding hydrogens is 268 g/mol. The van der Waals surface area contributed by atoms with E-state index in [2.05, 4.69) is 35.8 Å². The van der Waals surface area contributed by atoms with Crippen LogP contribution in [0, 0.1) is 17.8 Å². The largest absolute Gasteiger partial charge is 0.271 e. The fraction of sp³-hybridized carbons (Fsp3) is 0.867. The summed E-state index contributed by atoms with van der Waals surface area (Å²) >= 11 is 1.51. The average molecular weight is 294 g/mol. The molecule has 0 spiro atoms. The van der Waals surface area contributed by atoms with Gasteiger partial charge in [0.15, 0.2) is 0 Å². The third-order valence-electron chi connectivity index (χ3n) is 5.16. The van der Waals surface area contributed by atoms with Crippen molar-refractivity contribution in [1.29, 1.82) is 0 Å². The highest BCUT2D eigenvalue weighted by Crippen LogP contribution is 2.51. The SMILES string of the molecule is CC(C)(C)c1nnsc1C(CC1CC2CCC1C2)NN. The molecule has 0 saturated heterocycles. The van der Waals surface area contributed by atoms with Gasteiger partial charge < -0.3 is 0 Å². The molecule has 4 nitrogen and oxygen atoms in total. The van der Waals surface area contributed by atoms with E-state index in [1.54, 1.807) is 0 Å². The van der Waals surface area contributed by atoms with Crippen LogP contribution in [0.4, 0.5) is 0 Å². The van der Waals surface area contributed by atoms with Crippen LogP contribution in [0.15, 0.2) is 0 Å². The van der Waals surface area contributed by atoms with Crippen molar-refractivity contribution in [1.82, 2.24) is 15.0 Å². The Labute approximate surface area is 125 Å². The number of fused-ring (bicyclic) bond motifs is 2. The van der Waals surface area contributed by atoms with Crippen LogP contribution in [0.5, 0.6) is 0 Å². The second-order valence-electron chi connectivity index (χ2n) is 7.63. The molecule has 0 aliphatic heterocycles. The monoisotopic (exact) mass is 294 g/mol. The Morgan fingerprint density at radius 2 is 2.15 bits per heavy atom. The van der Waals surface area contributed by atoms with E-state index in [0.717, 1.165) is 29.9 Å². The number of nitrogens with one attached hydrogen (secondary N) is 1. The molecule has 2 aliphatic carbocycles. The Kier molecular flexibility index (Phi) is 3.86. The second kappa shape index (κ2) is 5.35. The van der Waals surface area contributed by atoms with Crippen LogP contribution in [0.1, 0.15) is 69.5 Å². The first-order valence-electron chi connectivity index (χ1n) is 7.78. The summed E-state index contributed by atoms with van der Waals surface area (Å²) in [6.45, 7) is 6.58. The summed E-state index contributed by atoms with van der Waals surface area (Å²) in [7, 11) is 0. The Hall–Kier alpha value is -0.520. The predicted molar refractivity (Wildman–Crippen MR) is 82.2 cm³/mol. The molecule has 2 aliphatic rings. The fourth-order valence-corrected chi connectivity index (χ4v) is 5.10. The molecule has 1 aromatic heterocycles. The van der Waals surface area contributed by atoms with Crippen LogP contribution < -0.4 is 11.3 Å². The first-order valence-corrected chi connectivity index (χ1v) is 8.55. The van der Waals surface area contributed by atoms with E-state index in [4.69, 9.17) is 5.84 Å². The molecule has 2 saturated carbocycles. The van der Waals surface area contributed by atoms with E-state index in [9.17, 15) is 0 Å². The lowest BCUT2D eigenvalue weighted by atomic mass is 9.82. The maximum Gasteiger partial charge on any atom is 0.0857 e. The summed E-state index contributed by atoms with van der Waals surface area (Å²) in [6, 6.07) is 0.216. The van der Waals surface area contributed by atoms with Gasteiger partial charge in [-0.3, -0.25) is 11.3 Å².